The van der Waals surface area contributed by atoms with Crippen LogP contribution in [-0.4, -0.2) is 20.8 Å². The Kier molecular flexibility index (Phi) is 4.30. The van der Waals surface area contributed by atoms with E-state index >= 15 is 0 Å². The Balaban J connectivity index is 2.10. The number of rotatable bonds is 6. The molecule has 19 heavy (non-hydrogen) atoms. The minimum atomic E-state index is -0.343. The van der Waals surface area contributed by atoms with Gasteiger partial charge in [-0.05, 0) is 24.3 Å². The van der Waals surface area contributed by atoms with Crippen molar-refractivity contribution in [2.24, 2.45) is 5.73 Å². The van der Waals surface area contributed by atoms with Crippen LogP contribution in [0.3, 0.4) is 0 Å². The third-order valence-corrected chi connectivity index (χ3v) is 2.70. The van der Waals surface area contributed by atoms with E-state index in [1.807, 2.05) is 12.1 Å². The van der Waals surface area contributed by atoms with Crippen LogP contribution in [0.1, 0.15) is 11.8 Å². The first kappa shape index (κ1) is 13.3. The topological polar surface area (TPSA) is 66.8 Å². The number of hydrogen-bond donors (Lipinski definition) is 1. The van der Waals surface area contributed by atoms with Crippen molar-refractivity contribution in [3.8, 4) is 17.2 Å². The van der Waals surface area contributed by atoms with Crippen LogP contribution >= 0.6 is 0 Å². The number of methoxy groups -OCH3 is 2. The molecule has 0 aliphatic carbocycles. The summed E-state index contributed by atoms with van der Waals surface area (Å²) < 4.78 is 21.4. The van der Waals surface area contributed by atoms with E-state index in [1.54, 1.807) is 38.7 Å². The highest BCUT2D eigenvalue weighted by Crippen LogP contribution is 2.37. The summed E-state index contributed by atoms with van der Waals surface area (Å²) in [5.41, 5.74) is 5.97. The van der Waals surface area contributed by atoms with E-state index in [0.717, 1.165) is 0 Å². The van der Waals surface area contributed by atoms with Crippen LogP contribution in [0.15, 0.2) is 41.0 Å². The van der Waals surface area contributed by atoms with Crippen LogP contribution in [-0.2, 0) is 0 Å². The number of para-hydroxylation sites is 1. The van der Waals surface area contributed by atoms with Crippen LogP contribution < -0.4 is 19.9 Å². The molecule has 2 aromatic rings. The van der Waals surface area contributed by atoms with Gasteiger partial charge in [0.2, 0.25) is 5.75 Å². The molecule has 1 heterocycles. The fourth-order valence-electron chi connectivity index (χ4n) is 1.72. The maximum absolute atomic E-state index is 5.97. The lowest BCUT2D eigenvalue weighted by molar-refractivity contribution is 0.246. The summed E-state index contributed by atoms with van der Waals surface area (Å²) in [6, 6.07) is 8.69. The van der Waals surface area contributed by atoms with Crippen LogP contribution in [0.4, 0.5) is 0 Å². The van der Waals surface area contributed by atoms with Gasteiger partial charge in [-0.3, -0.25) is 0 Å². The maximum atomic E-state index is 5.97. The van der Waals surface area contributed by atoms with Gasteiger partial charge in [-0.25, -0.2) is 0 Å². The van der Waals surface area contributed by atoms with Gasteiger partial charge in [-0.15, -0.1) is 0 Å². The predicted molar refractivity (Wildman–Crippen MR) is 70.7 cm³/mol. The molecule has 5 heteroatoms. The molecule has 1 aromatic heterocycles. The van der Waals surface area contributed by atoms with E-state index in [4.69, 9.17) is 24.4 Å². The van der Waals surface area contributed by atoms with E-state index in [9.17, 15) is 0 Å². The van der Waals surface area contributed by atoms with Gasteiger partial charge in [-0.2, -0.15) is 0 Å². The first-order valence-corrected chi connectivity index (χ1v) is 5.89. The van der Waals surface area contributed by atoms with Crippen LogP contribution in [0.2, 0.25) is 0 Å². The number of ether oxygens (including phenoxy) is 3. The molecule has 2 N–H and O–H groups in total. The molecule has 0 saturated heterocycles. The number of hydrogen-bond acceptors (Lipinski definition) is 5. The van der Waals surface area contributed by atoms with E-state index in [1.165, 1.54) is 0 Å². The van der Waals surface area contributed by atoms with Crippen molar-refractivity contribution < 1.29 is 18.6 Å². The fraction of sp³-hybridized carbons (Fsp3) is 0.286. The number of benzene rings is 1. The second kappa shape index (κ2) is 6.15. The molecule has 1 atom stereocenters. The fourth-order valence-corrected chi connectivity index (χ4v) is 1.72. The highest BCUT2D eigenvalue weighted by Gasteiger charge is 2.15. The smallest absolute Gasteiger partial charge is 0.203 e. The van der Waals surface area contributed by atoms with E-state index in [2.05, 4.69) is 0 Å². The molecule has 0 spiro atoms. The summed E-state index contributed by atoms with van der Waals surface area (Å²) in [5, 5.41) is 0. The molecular weight excluding hydrogens is 246 g/mol. The first-order chi connectivity index (χ1) is 9.26. The van der Waals surface area contributed by atoms with Crippen molar-refractivity contribution in [1.29, 1.82) is 0 Å². The molecule has 0 bridgehead atoms. The zero-order valence-electron chi connectivity index (χ0n) is 11.0. The summed E-state index contributed by atoms with van der Waals surface area (Å²) in [4.78, 5) is 0. The highest BCUT2D eigenvalue weighted by molar-refractivity contribution is 5.51. The third-order valence-electron chi connectivity index (χ3n) is 2.70. The molecule has 0 aliphatic rings. The molecule has 0 aliphatic heterocycles. The highest BCUT2D eigenvalue weighted by atomic mass is 16.5. The maximum Gasteiger partial charge on any atom is 0.203 e. The van der Waals surface area contributed by atoms with E-state index in [0.29, 0.717) is 23.0 Å². The third kappa shape index (κ3) is 3.00. The standard InChI is InChI=1S/C14H17NO4/c1-16-12-5-3-6-13(17-2)14(12)19-9-10(15)11-7-4-8-18-11/h3-8,10H,9,15H2,1-2H3. The van der Waals surface area contributed by atoms with E-state index in [-0.39, 0.29) is 12.6 Å². The Labute approximate surface area is 111 Å². The molecule has 0 fully saturated rings. The van der Waals surface area contributed by atoms with Crippen molar-refractivity contribution in [2.45, 2.75) is 6.04 Å². The monoisotopic (exact) mass is 263 g/mol. The Bertz CT molecular complexity index is 488. The molecule has 2 rings (SSSR count). The SMILES string of the molecule is COc1cccc(OC)c1OCC(N)c1ccco1. The van der Waals surface area contributed by atoms with Crippen molar-refractivity contribution in [3.63, 3.8) is 0 Å². The molecule has 5 nitrogen and oxygen atoms in total. The summed E-state index contributed by atoms with van der Waals surface area (Å²) in [6.07, 6.45) is 1.58. The molecule has 1 aromatic carbocycles. The Morgan fingerprint density at radius 1 is 1.11 bits per heavy atom. The molecular formula is C14H17NO4. The molecule has 102 valence electrons. The second-order valence-corrected chi connectivity index (χ2v) is 3.92. The average Bonchev–Trinajstić information content (AvgIpc) is 2.98. The van der Waals surface area contributed by atoms with Crippen molar-refractivity contribution in [1.82, 2.24) is 0 Å². The van der Waals surface area contributed by atoms with Gasteiger partial charge >= 0.3 is 0 Å². The van der Waals surface area contributed by atoms with Crippen LogP contribution in [0, 0.1) is 0 Å². The normalized spacial score (nSPS) is 11.9. The van der Waals surface area contributed by atoms with Crippen molar-refractivity contribution in [3.05, 3.63) is 42.4 Å². The van der Waals surface area contributed by atoms with Gasteiger partial charge in [-0.1, -0.05) is 6.07 Å². The van der Waals surface area contributed by atoms with Gasteiger partial charge < -0.3 is 24.4 Å². The minimum absolute atomic E-state index is 0.268. The molecule has 0 saturated carbocycles. The largest absolute Gasteiger partial charge is 0.493 e. The Morgan fingerprint density at radius 2 is 1.79 bits per heavy atom. The number of furan rings is 1. The zero-order valence-corrected chi connectivity index (χ0v) is 11.0. The summed E-state index contributed by atoms with van der Waals surface area (Å²) >= 11 is 0. The van der Waals surface area contributed by atoms with Gasteiger partial charge in [0.1, 0.15) is 12.4 Å². The molecule has 1 unspecified atom stereocenters. The van der Waals surface area contributed by atoms with Gasteiger partial charge in [0.15, 0.2) is 11.5 Å². The molecule has 0 amide bonds. The molecule has 0 radical (unpaired) electrons. The van der Waals surface area contributed by atoms with Crippen molar-refractivity contribution in [2.75, 3.05) is 20.8 Å². The lowest BCUT2D eigenvalue weighted by Gasteiger charge is -2.16. The average molecular weight is 263 g/mol. The van der Waals surface area contributed by atoms with Crippen LogP contribution in [0.5, 0.6) is 17.2 Å². The van der Waals surface area contributed by atoms with Crippen molar-refractivity contribution >= 4 is 0 Å². The van der Waals surface area contributed by atoms with Gasteiger partial charge in [0.05, 0.1) is 26.5 Å². The lowest BCUT2D eigenvalue weighted by atomic mass is 10.2. The van der Waals surface area contributed by atoms with Crippen LogP contribution in [0.25, 0.3) is 0 Å². The summed E-state index contributed by atoms with van der Waals surface area (Å²) in [7, 11) is 3.15. The summed E-state index contributed by atoms with van der Waals surface area (Å²) in [6.45, 7) is 0.268. The van der Waals surface area contributed by atoms with E-state index < -0.39 is 0 Å². The summed E-state index contributed by atoms with van der Waals surface area (Å²) in [5.74, 6) is 2.42. The second-order valence-electron chi connectivity index (χ2n) is 3.92. The first-order valence-electron chi connectivity index (χ1n) is 5.89. The van der Waals surface area contributed by atoms with Gasteiger partial charge in [0.25, 0.3) is 0 Å². The number of nitrogens with two attached hydrogens (primary N) is 1. The lowest BCUT2D eigenvalue weighted by Crippen LogP contribution is -2.18. The predicted octanol–water partition coefficient (Wildman–Crippen LogP) is 2.38. The quantitative estimate of drug-likeness (QED) is 0.866. The van der Waals surface area contributed by atoms with Gasteiger partial charge in [0, 0.05) is 0 Å². The minimum Gasteiger partial charge on any atom is -0.493 e. The Morgan fingerprint density at radius 3 is 2.32 bits per heavy atom. The Hall–Kier alpha value is -2.14. The zero-order chi connectivity index (χ0) is 13.7.